The number of nitrogen functional groups attached to an aromatic ring is 1. The fraction of sp³-hybridized carbons (Fsp3) is 0.0625. The highest BCUT2D eigenvalue weighted by Crippen LogP contribution is 2.28. The molecule has 0 fully saturated rings. The van der Waals surface area contributed by atoms with Crippen LogP contribution in [0.4, 0.5) is 14.5 Å². The van der Waals surface area contributed by atoms with Crippen LogP contribution in [0.2, 0.25) is 0 Å². The molecule has 0 aliphatic carbocycles. The van der Waals surface area contributed by atoms with E-state index in [0.717, 1.165) is 11.1 Å². The van der Waals surface area contributed by atoms with E-state index >= 15 is 0 Å². The average Bonchev–Trinajstić information content (AvgIpc) is 2.97. The van der Waals surface area contributed by atoms with E-state index < -0.39 is 6.43 Å². The zero-order valence-corrected chi connectivity index (χ0v) is 11.1. The lowest BCUT2D eigenvalue weighted by Gasteiger charge is -2.09. The maximum absolute atomic E-state index is 13.1. The first-order valence-corrected chi connectivity index (χ1v) is 6.43. The summed E-state index contributed by atoms with van der Waals surface area (Å²) in [7, 11) is 0. The number of anilines is 1. The van der Waals surface area contributed by atoms with E-state index in [1.54, 1.807) is 24.5 Å². The van der Waals surface area contributed by atoms with Crippen LogP contribution in [0.15, 0.2) is 60.9 Å². The molecule has 3 rings (SSSR count). The van der Waals surface area contributed by atoms with Crippen molar-refractivity contribution in [1.82, 2.24) is 9.78 Å². The van der Waals surface area contributed by atoms with Crippen LogP contribution in [-0.4, -0.2) is 9.78 Å². The lowest BCUT2D eigenvalue weighted by Crippen LogP contribution is -2.01. The van der Waals surface area contributed by atoms with Crippen LogP contribution in [0, 0.1) is 0 Å². The predicted molar refractivity (Wildman–Crippen MR) is 78.4 cm³/mol. The van der Waals surface area contributed by atoms with Crippen LogP contribution >= 0.6 is 0 Å². The first-order valence-electron chi connectivity index (χ1n) is 6.43. The molecule has 0 aliphatic heterocycles. The molecule has 3 nitrogen and oxygen atoms in total. The molecule has 0 radical (unpaired) electrons. The van der Waals surface area contributed by atoms with Crippen molar-refractivity contribution >= 4 is 5.69 Å². The fourth-order valence-corrected chi connectivity index (χ4v) is 2.19. The summed E-state index contributed by atoms with van der Waals surface area (Å²) >= 11 is 0. The number of hydrogen-bond donors (Lipinski definition) is 1. The molecule has 2 aromatic carbocycles. The van der Waals surface area contributed by atoms with Crippen LogP contribution in [-0.2, 0) is 0 Å². The van der Waals surface area contributed by atoms with Gasteiger partial charge in [0.1, 0.15) is 0 Å². The quantitative estimate of drug-likeness (QED) is 0.737. The number of hydrogen-bond acceptors (Lipinski definition) is 2. The Morgan fingerprint density at radius 2 is 1.76 bits per heavy atom. The molecule has 0 amide bonds. The Kier molecular flexibility index (Phi) is 3.39. The molecular formula is C16H13F2N3. The summed E-state index contributed by atoms with van der Waals surface area (Å²) in [5, 5.41) is 4.18. The van der Waals surface area contributed by atoms with E-state index in [1.165, 1.54) is 10.7 Å². The minimum absolute atomic E-state index is 0.127. The van der Waals surface area contributed by atoms with E-state index in [4.69, 9.17) is 5.73 Å². The van der Waals surface area contributed by atoms with E-state index in [1.807, 2.05) is 30.3 Å². The van der Waals surface area contributed by atoms with Gasteiger partial charge in [-0.1, -0.05) is 30.3 Å². The van der Waals surface area contributed by atoms with Crippen LogP contribution in [0.5, 0.6) is 0 Å². The lowest BCUT2D eigenvalue weighted by atomic mass is 10.1. The molecule has 0 bridgehead atoms. The minimum atomic E-state index is -2.60. The van der Waals surface area contributed by atoms with Crippen LogP contribution < -0.4 is 5.73 Å². The molecule has 0 unspecified atom stereocenters. The third kappa shape index (κ3) is 2.63. The summed E-state index contributed by atoms with van der Waals surface area (Å²) in [6.45, 7) is 0. The Bertz CT molecular complexity index is 751. The smallest absolute Gasteiger partial charge is 0.266 e. The number of nitrogens with two attached hydrogens (primary N) is 1. The Morgan fingerprint density at radius 3 is 2.48 bits per heavy atom. The molecule has 5 heteroatoms. The summed E-state index contributed by atoms with van der Waals surface area (Å²) in [6.07, 6.45) is 0.779. The summed E-state index contributed by atoms with van der Waals surface area (Å²) < 4.78 is 27.7. The summed E-state index contributed by atoms with van der Waals surface area (Å²) in [6, 6.07) is 14.1. The largest absolute Gasteiger partial charge is 0.399 e. The van der Waals surface area contributed by atoms with E-state index in [9.17, 15) is 8.78 Å². The molecule has 2 N–H and O–H groups in total. The fourth-order valence-electron chi connectivity index (χ4n) is 2.19. The molecule has 1 heterocycles. The van der Waals surface area contributed by atoms with Crippen molar-refractivity contribution in [2.45, 2.75) is 6.43 Å². The first kappa shape index (κ1) is 13.3. The second-order valence-electron chi connectivity index (χ2n) is 4.66. The van der Waals surface area contributed by atoms with Gasteiger partial charge in [-0.2, -0.15) is 5.10 Å². The Morgan fingerprint density at radius 1 is 1.00 bits per heavy atom. The molecule has 0 saturated carbocycles. The van der Waals surface area contributed by atoms with Crippen molar-refractivity contribution < 1.29 is 8.78 Å². The maximum atomic E-state index is 13.1. The molecule has 106 valence electrons. The monoisotopic (exact) mass is 285 g/mol. The highest BCUT2D eigenvalue weighted by atomic mass is 19.3. The predicted octanol–water partition coefficient (Wildman–Crippen LogP) is 4.06. The zero-order chi connectivity index (χ0) is 14.8. The second-order valence-corrected chi connectivity index (χ2v) is 4.66. The van der Waals surface area contributed by atoms with E-state index in [0.29, 0.717) is 11.4 Å². The van der Waals surface area contributed by atoms with Crippen molar-refractivity contribution in [2.24, 2.45) is 0 Å². The van der Waals surface area contributed by atoms with Gasteiger partial charge in [0.2, 0.25) is 0 Å². The molecule has 1 aromatic heterocycles. The van der Waals surface area contributed by atoms with Crippen LogP contribution in [0.25, 0.3) is 16.8 Å². The second kappa shape index (κ2) is 5.36. The van der Waals surface area contributed by atoms with Gasteiger partial charge in [-0.25, -0.2) is 13.5 Å². The SMILES string of the molecule is Nc1ccc(-n2cc(-c3ccccc3)cn2)c(C(F)F)c1. The summed E-state index contributed by atoms with van der Waals surface area (Å²) in [5.74, 6) is 0. The number of aromatic nitrogens is 2. The zero-order valence-electron chi connectivity index (χ0n) is 11.1. The molecule has 21 heavy (non-hydrogen) atoms. The lowest BCUT2D eigenvalue weighted by molar-refractivity contribution is 0.151. The van der Waals surface area contributed by atoms with Gasteiger partial charge in [0.15, 0.2) is 0 Å². The van der Waals surface area contributed by atoms with Gasteiger partial charge in [0, 0.05) is 23.0 Å². The molecule has 0 spiro atoms. The van der Waals surface area contributed by atoms with Crippen LogP contribution in [0.1, 0.15) is 12.0 Å². The maximum Gasteiger partial charge on any atom is 0.266 e. The number of alkyl halides is 2. The molecule has 0 aliphatic rings. The highest BCUT2D eigenvalue weighted by Gasteiger charge is 2.15. The van der Waals surface area contributed by atoms with Gasteiger partial charge in [-0.3, -0.25) is 0 Å². The average molecular weight is 285 g/mol. The van der Waals surface area contributed by atoms with Crippen LogP contribution in [0.3, 0.4) is 0 Å². The summed E-state index contributed by atoms with van der Waals surface area (Å²) in [4.78, 5) is 0. The van der Waals surface area contributed by atoms with Gasteiger partial charge in [0.25, 0.3) is 6.43 Å². The molecule has 3 aromatic rings. The standard InChI is InChI=1S/C16H13F2N3/c17-16(18)14-8-13(19)6-7-15(14)21-10-12(9-20-21)11-4-2-1-3-5-11/h1-10,16H,19H2. The Hall–Kier alpha value is -2.69. The van der Waals surface area contributed by atoms with Crippen molar-refractivity contribution in [2.75, 3.05) is 5.73 Å². The summed E-state index contributed by atoms with van der Waals surface area (Å²) in [5.41, 5.74) is 7.95. The van der Waals surface area contributed by atoms with Crippen molar-refractivity contribution in [3.05, 3.63) is 66.5 Å². The van der Waals surface area contributed by atoms with Crippen molar-refractivity contribution in [3.63, 3.8) is 0 Å². The molecule has 0 saturated heterocycles. The topological polar surface area (TPSA) is 43.8 Å². The third-order valence-corrected chi connectivity index (χ3v) is 3.22. The minimum Gasteiger partial charge on any atom is -0.399 e. The first-order chi connectivity index (χ1) is 10.1. The number of nitrogens with zero attached hydrogens (tertiary/aromatic N) is 2. The number of rotatable bonds is 3. The normalized spacial score (nSPS) is 11.0. The van der Waals surface area contributed by atoms with Gasteiger partial charge in [0.05, 0.1) is 11.9 Å². The van der Waals surface area contributed by atoms with E-state index in [-0.39, 0.29) is 5.56 Å². The number of halogens is 2. The molecular weight excluding hydrogens is 272 g/mol. The Balaban J connectivity index is 2.05. The molecule has 0 atom stereocenters. The van der Waals surface area contributed by atoms with Gasteiger partial charge in [-0.15, -0.1) is 0 Å². The Labute approximate surface area is 120 Å². The number of benzene rings is 2. The van der Waals surface area contributed by atoms with Gasteiger partial charge < -0.3 is 5.73 Å². The third-order valence-electron chi connectivity index (χ3n) is 3.22. The van der Waals surface area contributed by atoms with Crippen molar-refractivity contribution in [3.8, 4) is 16.8 Å². The van der Waals surface area contributed by atoms with Gasteiger partial charge >= 0.3 is 0 Å². The highest BCUT2D eigenvalue weighted by molar-refractivity contribution is 5.62. The van der Waals surface area contributed by atoms with Gasteiger partial charge in [-0.05, 0) is 23.8 Å². The van der Waals surface area contributed by atoms with E-state index in [2.05, 4.69) is 5.10 Å². The van der Waals surface area contributed by atoms with Crippen molar-refractivity contribution in [1.29, 1.82) is 0 Å².